The molecule has 0 N–H and O–H groups in total. The molecule has 1 heterocycles. The predicted octanol–water partition coefficient (Wildman–Crippen LogP) is 5.41. The summed E-state index contributed by atoms with van der Waals surface area (Å²) in [5, 5.41) is 2.13. The Morgan fingerprint density at radius 1 is 1.00 bits per heavy atom. The van der Waals surface area contributed by atoms with Crippen LogP contribution in [0.4, 0.5) is 0 Å². The van der Waals surface area contributed by atoms with E-state index >= 15 is 0 Å². The fraction of sp³-hybridized carbons (Fsp3) is 0.118. The summed E-state index contributed by atoms with van der Waals surface area (Å²) in [6.07, 6.45) is 0. The highest BCUT2D eigenvalue weighted by atomic mass is 32.2. The third-order valence-electron chi connectivity index (χ3n) is 3.17. The third kappa shape index (κ3) is 3.11. The second-order valence-corrected chi connectivity index (χ2v) is 6.66. The summed E-state index contributed by atoms with van der Waals surface area (Å²) < 4.78 is 1.13. The van der Waals surface area contributed by atoms with Crippen LogP contribution in [-0.4, -0.2) is 4.98 Å². The minimum absolute atomic E-state index is 0.981. The molecule has 0 aliphatic carbocycles. The second-order valence-electron chi connectivity index (χ2n) is 4.58. The fourth-order valence-corrected chi connectivity index (χ4v) is 3.89. The van der Waals surface area contributed by atoms with Crippen molar-refractivity contribution in [2.75, 3.05) is 0 Å². The summed E-state index contributed by atoms with van der Waals surface area (Å²) in [7, 11) is 0. The number of rotatable bonds is 4. The molecule has 20 heavy (non-hydrogen) atoms. The third-order valence-corrected chi connectivity index (χ3v) is 5.23. The van der Waals surface area contributed by atoms with Gasteiger partial charge in [-0.05, 0) is 18.1 Å². The minimum atomic E-state index is 0.981. The molecule has 0 radical (unpaired) electrons. The normalized spacial score (nSPS) is 10.7. The molecule has 1 nitrogen and oxygen atoms in total. The van der Waals surface area contributed by atoms with Crippen LogP contribution >= 0.6 is 23.1 Å². The number of benzene rings is 2. The van der Waals surface area contributed by atoms with Crippen LogP contribution in [0.25, 0.3) is 11.3 Å². The van der Waals surface area contributed by atoms with Crippen LogP contribution in [0.5, 0.6) is 0 Å². The molecule has 100 valence electrons. The average molecular weight is 297 g/mol. The Labute approximate surface area is 127 Å². The molecular formula is C17H15NS2. The lowest BCUT2D eigenvalue weighted by molar-refractivity contribution is 1.24. The molecule has 0 spiro atoms. The maximum atomic E-state index is 4.71. The van der Waals surface area contributed by atoms with Gasteiger partial charge >= 0.3 is 0 Å². The van der Waals surface area contributed by atoms with E-state index in [0.717, 1.165) is 15.8 Å². The standard InChI is InChI=1S/C17H15NS2/c1-13-7-5-6-10-15(13)11-19-17-18-16(12-20-17)14-8-3-2-4-9-14/h2-10,12H,11H2,1H3. The van der Waals surface area contributed by atoms with Crippen molar-refractivity contribution in [3.63, 3.8) is 0 Å². The predicted molar refractivity (Wildman–Crippen MR) is 88.3 cm³/mol. The Balaban J connectivity index is 1.71. The summed E-state index contributed by atoms with van der Waals surface area (Å²) in [6, 6.07) is 18.9. The molecule has 3 aromatic rings. The zero-order valence-corrected chi connectivity index (χ0v) is 12.9. The van der Waals surface area contributed by atoms with Gasteiger partial charge in [0.1, 0.15) is 0 Å². The monoisotopic (exact) mass is 297 g/mol. The number of nitrogens with zero attached hydrogens (tertiary/aromatic N) is 1. The van der Waals surface area contributed by atoms with Crippen molar-refractivity contribution in [2.45, 2.75) is 17.0 Å². The first kappa shape index (κ1) is 13.4. The van der Waals surface area contributed by atoms with E-state index in [1.165, 1.54) is 16.7 Å². The van der Waals surface area contributed by atoms with Crippen LogP contribution in [-0.2, 0) is 5.75 Å². The molecule has 0 saturated heterocycles. The number of thioether (sulfide) groups is 1. The Morgan fingerprint density at radius 3 is 2.55 bits per heavy atom. The highest BCUT2D eigenvalue weighted by Crippen LogP contribution is 2.30. The van der Waals surface area contributed by atoms with Gasteiger partial charge in [-0.2, -0.15) is 0 Å². The number of aromatic nitrogens is 1. The Kier molecular flexibility index (Phi) is 4.19. The van der Waals surface area contributed by atoms with E-state index < -0.39 is 0 Å². The quantitative estimate of drug-likeness (QED) is 0.597. The van der Waals surface area contributed by atoms with E-state index in [1.807, 2.05) is 17.8 Å². The van der Waals surface area contributed by atoms with Crippen LogP contribution in [0.1, 0.15) is 11.1 Å². The highest BCUT2D eigenvalue weighted by molar-refractivity contribution is 8.00. The molecule has 3 rings (SSSR count). The topological polar surface area (TPSA) is 12.9 Å². The van der Waals surface area contributed by atoms with E-state index in [4.69, 9.17) is 4.98 Å². The van der Waals surface area contributed by atoms with Crippen molar-refractivity contribution < 1.29 is 0 Å². The van der Waals surface area contributed by atoms with E-state index in [1.54, 1.807) is 11.3 Å². The van der Waals surface area contributed by atoms with E-state index in [0.29, 0.717) is 0 Å². The van der Waals surface area contributed by atoms with E-state index in [2.05, 4.69) is 60.8 Å². The fourth-order valence-electron chi connectivity index (χ4n) is 1.98. The van der Waals surface area contributed by atoms with Gasteiger partial charge in [-0.25, -0.2) is 4.98 Å². The first-order chi connectivity index (χ1) is 9.83. The van der Waals surface area contributed by atoms with Gasteiger partial charge in [0.15, 0.2) is 4.34 Å². The van der Waals surface area contributed by atoms with Crippen molar-refractivity contribution in [1.29, 1.82) is 0 Å². The van der Waals surface area contributed by atoms with E-state index in [9.17, 15) is 0 Å². The van der Waals surface area contributed by atoms with Crippen molar-refractivity contribution in [2.24, 2.45) is 0 Å². The summed E-state index contributed by atoms with van der Waals surface area (Å²) in [6.45, 7) is 2.16. The molecule has 2 aromatic carbocycles. The maximum Gasteiger partial charge on any atom is 0.150 e. The molecule has 0 bridgehead atoms. The van der Waals surface area contributed by atoms with E-state index in [-0.39, 0.29) is 0 Å². The van der Waals surface area contributed by atoms with Crippen molar-refractivity contribution in [1.82, 2.24) is 4.98 Å². The molecular weight excluding hydrogens is 282 g/mol. The summed E-state index contributed by atoms with van der Waals surface area (Å²) in [5.41, 5.74) is 4.99. The van der Waals surface area contributed by atoms with Crippen LogP contribution in [0.3, 0.4) is 0 Å². The largest absolute Gasteiger partial charge is 0.230 e. The van der Waals surface area contributed by atoms with Crippen LogP contribution in [0.15, 0.2) is 64.3 Å². The molecule has 0 fully saturated rings. The summed E-state index contributed by atoms with van der Waals surface area (Å²) >= 11 is 3.53. The van der Waals surface area contributed by atoms with Gasteiger partial charge in [0.25, 0.3) is 0 Å². The molecule has 0 aliphatic heterocycles. The van der Waals surface area contributed by atoms with Crippen molar-refractivity contribution in [3.8, 4) is 11.3 Å². The lowest BCUT2D eigenvalue weighted by atomic mass is 10.1. The van der Waals surface area contributed by atoms with Gasteiger partial charge in [0, 0.05) is 16.7 Å². The number of thiazole rings is 1. The summed E-state index contributed by atoms with van der Waals surface area (Å²) in [5.74, 6) is 0.981. The van der Waals surface area contributed by atoms with Gasteiger partial charge in [0.05, 0.1) is 5.69 Å². The number of hydrogen-bond acceptors (Lipinski definition) is 3. The van der Waals surface area contributed by atoms with Crippen LogP contribution < -0.4 is 0 Å². The van der Waals surface area contributed by atoms with Gasteiger partial charge in [-0.3, -0.25) is 0 Å². The van der Waals surface area contributed by atoms with Gasteiger partial charge in [-0.1, -0.05) is 66.4 Å². The molecule has 0 atom stereocenters. The first-order valence-corrected chi connectivity index (χ1v) is 8.38. The Morgan fingerprint density at radius 2 is 1.75 bits per heavy atom. The zero-order chi connectivity index (χ0) is 13.8. The zero-order valence-electron chi connectivity index (χ0n) is 11.2. The van der Waals surface area contributed by atoms with Gasteiger partial charge < -0.3 is 0 Å². The van der Waals surface area contributed by atoms with Crippen molar-refractivity contribution in [3.05, 3.63) is 71.1 Å². The molecule has 0 amide bonds. The number of hydrogen-bond donors (Lipinski definition) is 0. The Hall–Kier alpha value is -1.58. The molecule has 0 unspecified atom stereocenters. The van der Waals surface area contributed by atoms with Crippen LogP contribution in [0.2, 0.25) is 0 Å². The van der Waals surface area contributed by atoms with Gasteiger partial charge in [-0.15, -0.1) is 11.3 Å². The van der Waals surface area contributed by atoms with Crippen LogP contribution in [0, 0.1) is 6.92 Å². The lowest BCUT2D eigenvalue weighted by Gasteiger charge is -2.02. The summed E-state index contributed by atoms with van der Waals surface area (Å²) in [4.78, 5) is 4.71. The second kappa shape index (κ2) is 6.25. The highest BCUT2D eigenvalue weighted by Gasteiger charge is 2.05. The number of aryl methyl sites for hydroxylation is 1. The first-order valence-electron chi connectivity index (χ1n) is 6.51. The minimum Gasteiger partial charge on any atom is -0.230 e. The van der Waals surface area contributed by atoms with Crippen molar-refractivity contribution >= 4 is 23.1 Å². The Bertz CT molecular complexity index is 689. The molecule has 1 aromatic heterocycles. The lowest BCUT2D eigenvalue weighted by Crippen LogP contribution is -1.85. The van der Waals surface area contributed by atoms with Gasteiger partial charge in [0.2, 0.25) is 0 Å². The molecule has 0 saturated carbocycles. The molecule has 3 heteroatoms. The molecule has 0 aliphatic rings. The SMILES string of the molecule is Cc1ccccc1CSc1nc(-c2ccccc2)cs1. The average Bonchev–Trinajstić information content (AvgIpc) is 2.96. The smallest absolute Gasteiger partial charge is 0.150 e. The maximum absolute atomic E-state index is 4.71.